The van der Waals surface area contributed by atoms with Crippen molar-refractivity contribution >= 4 is 17.5 Å². The van der Waals surface area contributed by atoms with Gasteiger partial charge >= 0.3 is 5.97 Å². The molecule has 1 rings (SSSR count). The van der Waals surface area contributed by atoms with E-state index >= 15 is 0 Å². The Morgan fingerprint density at radius 1 is 1.54 bits per heavy atom. The maximum atomic E-state index is 11.4. The number of esters is 1. The van der Waals surface area contributed by atoms with Crippen LogP contribution >= 0.6 is 0 Å². The molecule has 0 spiro atoms. The van der Waals surface area contributed by atoms with Gasteiger partial charge in [0.05, 0.1) is 12.3 Å². The molecule has 0 aromatic rings. The van der Waals surface area contributed by atoms with Gasteiger partial charge in [0.1, 0.15) is 6.10 Å². The first-order chi connectivity index (χ1) is 6.06. The monoisotopic (exact) mass is 184 g/mol. The number of carbonyl (C=O) groups excluding carboxylic acids is 3. The Morgan fingerprint density at radius 3 is 2.54 bits per heavy atom. The quantitative estimate of drug-likeness (QED) is 0.473. The zero-order chi connectivity index (χ0) is 10.0. The van der Waals surface area contributed by atoms with Crippen LogP contribution < -0.4 is 0 Å². The van der Waals surface area contributed by atoms with Crippen LogP contribution in [0.3, 0.4) is 0 Å². The molecule has 13 heavy (non-hydrogen) atoms. The maximum Gasteiger partial charge on any atom is 0.306 e. The summed E-state index contributed by atoms with van der Waals surface area (Å²) in [6, 6.07) is 0. The number of hydrogen-bond acceptors (Lipinski definition) is 4. The average Bonchev–Trinajstić information content (AvgIpc) is 2.42. The molecule has 1 fully saturated rings. The molecule has 0 aromatic heterocycles. The molecule has 0 bridgehead atoms. The van der Waals surface area contributed by atoms with Gasteiger partial charge < -0.3 is 4.74 Å². The van der Waals surface area contributed by atoms with E-state index in [1.807, 2.05) is 0 Å². The molecule has 0 amide bonds. The van der Waals surface area contributed by atoms with Gasteiger partial charge in [-0.3, -0.25) is 14.4 Å². The highest BCUT2D eigenvalue weighted by molar-refractivity contribution is 6.38. The minimum absolute atomic E-state index is 0.0474. The molecule has 72 valence electrons. The Labute approximate surface area is 76.3 Å². The van der Waals surface area contributed by atoms with Crippen LogP contribution in [0.1, 0.15) is 26.7 Å². The van der Waals surface area contributed by atoms with E-state index in [0.717, 1.165) is 0 Å². The molecule has 1 saturated heterocycles. The summed E-state index contributed by atoms with van der Waals surface area (Å²) in [7, 11) is 0. The summed E-state index contributed by atoms with van der Waals surface area (Å²) in [4.78, 5) is 33.2. The lowest BCUT2D eigenvalue weighted by atomic mass is 9.94. The molecule has 0 aromatic carbocycles. The van der Waals surface area contributed by atoms with Crippen LogP contribution in [0.4, 0.5) is 0 Å². The summed E-state index contributed by atoms with van der Waals surface area (Å²) in [5.74, 6) is -1.84. The number of rotatable bonds is 3. The molecule has 1 aliphatic heterocycles. The van der Waals surface area contributed by atoms with Gasteiger partial charge in [0.2, 0.25) is 5.78 Å². The fourth-order valence-corrected chi connectivity index (χ4v) is 1.37. The van der Waals surface area contributed by atoms with Crippen molar-refractivity contribution in [2.45, 2.75) is 32.8 Å². The molecular formula is C9H12O4. The van der Waals surface area contributed by atoms with E-state index in [0.29, 0.717) is 0 Å². The van der Waals surface area contributed by atoms with Gasteiger partial charge in [-0.1, -0.05) is 6.92 Å². The third kappa shape index (κ3) is 1.94. The standard InChI is InChI=1S/C9H12O4/c1-3-7(10)9(12)6-4-8(11)13-5(6)2/h5-6H,3-4H2,1-2H3/t5-,6-/m1/s1. The van der Waals surface area contributed by atoms with Crippen LogP contribution in [0.2, 0.25) is 0 Å². The van der Waals surface area contributed by atoms with Gasteiger partial charge in [0.15, 0.2) is 5.78 Å². The lowest BCUT2D eigenvalue weighted by molar-refractivity contribution is -0.142. The molecule has 2 atom stereocenters. The van der Waals surface area contributed by atoms with Gasteiger partial charge in [-0.05, 0) is 6.92 Å². The number of Topliss-reactive ketones (excluding diaryl/α,β-unsaturated/α-hetero) is 2. The first kappa shape index (κ1) is 9.89. The van der Waals surface area contributed by atoms with Crippen molar-refractivity contribution in [3.05, 3.63) is 0 Å². The van der Waals surface area contributed by atoms with Crippen molar-refractivity contribution < 1.29 is 19.1 Å². The van der Waals surface area contributed by atoms with E-state index in [9.17, 15) is 14.4 Å². The second-order valence-corrected chi connectivity index (χ2v) is 3.15. The highest BCUT2D eigenvalue weighted by Crippen LogP contribution is 2.23. The normalized spacial score (nSPS) is 27.1. The summed E-state index contributed by atoms with van der Waals surface area (Å²) in [5.41, 5.74) is 0. The van der Waals surface area contributed by atoms with E-state index in [1.165, 1.54) is 0 Å². The Morgan fingerprint density at radius 2 is 2.15 bits per heavy atom. The lowest BCUT2D eigenvalue weighted by Crippen LogP contribution is -2.27. The van der Waals surface area contributed by atoms with E-state index in [-0.39, 0.29) is 12.8 Å². The van der Waals surface area contributed by atoms with E-state index in [4.69, 9.17) is 4.74 Å². The summed E-state index contributed by atoms with van der Waals surface area (Å²) >= 11 is 0. The van der Waals surface area contributed by atoms with Crippen molar-refractivity contribution in [2.75, 3.05) is 0 Å². The minimum Gasteiger partial charge on any atom is -0.462 e. The lowest BCUT2D eigenvalue weighted by Gasteiger charge is -2.09. The first-order valence-electron chi connectivity index (χ1n) is 4.32. The third-order valence-electron chi connectivity index (χ3n) is 2.20. The van der Waals surface area contributed by atoms with Crippen LogP contribution in [0.15, 0.2) is 0 Å². The second kappa shape index (κ2) is 3.68. The average molecular weight is 184 g/mol. The largest absolute Gasteiger partial charge is 0.462 e. The molecule has 0 radical (unpaired) electrons. The van der Waals surface area contributed by atoms with Crippen molar-refractivity contribution in [1.29, 1.82) is 0 Å². The van der Waals surface area contributed by atoms with Crippen molar-refractivity contribution in [1.82, 2.24) is 0 Å². The smallest absolute Gasteiger partial charge is 0.306 e. The Bertz CT molecular complexity index is 256. The van der Waals surface area contributed by atoms with E-state index < -0.39 is 29.6 Å². The van der Waals surface area contributed by atoms with E-state index in [2.05, 4.69) is 0 Å². The molecular weight excluding hydrogens is 172 g/mol. The van der Waals surface area contributed by atoms with Gasteiger partial charge in [0, 0.05) is 6.42 Å². The molecule has 0 unspecified atom stereocenters. The third-order valence-corrected chi connectivity index (χ3v) is 2.20. The second-order valence-electron chi connectivity index (χ2n) is 3.15. The Kier molecular flexibility index (Phi) is 2.80. The van der Waals surface area contributed by atoms with Crippen molar-refractivity contribution in [2.24, 2.45) is 5.92 Å². The fraction of sp³-hybridized carbons (Fsp3) is 0.667. The summed E-state index contributed by atoms with van der Waals surface area (Å²) < 4.78 is 4.78. The molecule has 0 saturated carbocycles. The van der Waals surface area contributed by atoms with Gasteiger partial charge in [-0.25, -0.2) is 0 Å². The Balaban J connectivity index is 2.67. The van der Waals surface area contributed by atoms with Crippen LogP contribution in [0.25, 0.3) is 0 Å². The number of cyclic esters (lactones) is 1. The number of carbonyl (C=O) groups is 3. The maximum absolute atomic E-state index is 11.4. The first-order valence-corrected chi connectivity index (χ1v) is 4.32. The molecule has 0 aliphatic carbocycles. The van der Waals surface area contributed by atoms with Crippen LogP contribution in [-0.4, -0.2) is 23.6 Å². The van der Waals surface area contributed by atoms with Crippen molar-refractivity contribution in [3.8, 4) is 0 Å². The SMILES string of the molecule is CCC(=O)C(=O)[C@@H]1CC(=O)O[C@@H]1C. The summed E-state index contributed by atoms with van der Waals surface area (Å²) in [6.45, 7) is 3.26. The van der Waals surface area contributed by atoms with Crippen LogP contribution in [0.5, 0.6) is 0 Å². The predicted octanol–water partition coefficient (Wildman–Crippen LogP) is 0.486. The van der Waals surface area contributed by atoms with E-state index in [1.54, 1.807) is 13.8 Å². The van der Waals surface area contributed by atoms with Gasteiger partial charge in [-0.15, -0.1) is 0 Å². The number of hydrogen-bond donors (Lipinski definition) is 0. The highest BCUT2D eigenvalue weighted by Gasteiger charge is 2.38. The zero-order valence-electron chi connectivity index (χ0n) is 7.70. The van der Waals surface area contributed by atoms with Gasteiger partial charge in [0.25, 0.3) is 0 Å². The Hall–Kier alpha value is -1.19. The summed E-state index contributed by atoms with van der Waals surface area (Å²) in [6.07, 6.45) is -0.211. The molecule has 4 nitrogen and oxygen atoms in total. The van der Waals surface area contributed by atoms with Crippen LogP contribution in [-0.2, 0) is 19.1 Å². The topological polar surface area (TPSA) is 60.4 Å². The minimum atomic E-state index is -0.556. The predicted molar refractivity (Wildman–Crippen MR) is 44.0 cm³/mol. The summed E-state index contributed by atoms with van der Waals surface area (Å²) in [5, 5.41) is 0. The fourth-order valence-electron chi connectivity index (χ4n) is 1.37. The van der Waals surface area contributed by atoms with Crippen molar-refractivity contribution in [3.63, 3.8) is 0 Å². The molecule has 0 N–H and O–H groups in total. The molecule has 4 heteroatoms. The highest BCUT2D eigenvalue weighted by atomic mass is 16.5. The molecule has 1 aliphatic rings. The zero-order valence-corrected chi connectivity index (χ0v) is 7.70. The number of ketones is 2. The van der Waals surface area contributed by atoms with Crippen LogP contribution in [0, 0.1) is 5.92 Å². The molecule has 1 heterocycles. The van der Waals surface area contributed by atoms with Gasteiger partial charge in [-0.2, -0.15) is 0 Å². The number of ether oxygens (including phenoxy) is 1.